The van der Waals surface area contributed by atoms with Crippen molar-refractivity contribution in [1.29, 1.82) is 0 Å². The van der Waals surface area contributed by atoms with Gasteiger partial charge in [0.2, 0.25) is 5.71 Å². The van der Waals surface area contributed by atoms with E-state index in [-0.39, 0.29) is 6.17 Å². The Hall–Kier alpha value is -3.15. The lowest BCUT2D eigenvalue weighted by Crippen LogP contribution is -2.49. The van der Waals surface area contributed by atoms with Crippen LogP contribution in [-0.4, -0.2) is 26.7 Å². The highest BCUT2D eigenvalue weighted by molar-refractivity contribution is 6.09. The molecule has 0 amide bonds. The minimum Gasteiger partial charge on any atom is -0.435 e. The first-order valence-electron chi connectivity index (χ1n) is 11.2. The summed E-state index contributed by atoms with van der Waals surface area (Å²) in [4.78, 5) is 17.6. The van der Waals surface area contributed by atoms with Gasteiger partial charge in [-0.05, 0) is 59.2 Å². The van der Waals surface area contributed by atoms with E-state index in [1.165, 1.54) is 0 Å². The van der Waals surface area contributed by atoms with Crippen LogP contribution in [0.2, 0.25) is 0 Å². The number of nitrogens with zero attached hydrogens (tertiary/aromatic N) is 5. The molecule has 1 aliphatic heterocycles. The molecule has 0 saturated carbocycles. The molecule has 5 rings (SSSR count). The monoisotopic (exact) mass is 390 g/mol. The van der Waals surface area contributed by atoms with Gasteiger partial charge in [0.05, 0.1) is 5.69 Å². The smallest absolute Gasteiger partial charge is 0.227 e. The summed E-state index contributed by atoms with van der Waals surface area (Å²) in [6.45, 7) is 7.14. The molecule has 4 heterocycles. The lowest BCUT2D eigenvalue weighted by atomic mass is 10.1. The summed E-state index contributed by atoms with van der Waals surface area (Å²) in [5.74, 6) is 1.15. The number of hydrogen-bond acceptors (Lipinski definition) is 6. The Balaban J connectivity index is 1.79. The van der Waals surface area contributed by atoms with Crippen molar-refractivity contribution in [3.63, 3.8) is 0 Å². The molecule has 0 saturated heterocycles. The second-order valence-electron chi connectivity index (χ2n) is 8.15. The third-order valence-electron chi connectivity index (χ3n) is 5.53. The summed E-state index contributed by atoms with van der Waals surface area (Å²) in [6, 6.07) is 8.08. The van der Waals surface area contributed by atoms with Crippen molar-refractivity contribution in [2.24, 2.45) is 0 Å². The molecular formula is C23H25N5O. The Labute approximate surface area is 174 Å². The van der Waals surface area contributed by atoms with E-state index in [1.807, 2.05) is 54.8 Å². The third-order valence-corrected chi connectivity index (χ3v) is 5.53. The van der Waals surface area contributed by atoms with Gasteiger partial charge in [-0.1, -0.05) is 12.1 Å². The van der Waals surface area contributed by atoms with Crippen LogP contribution >= 0.6 is 0 Å². The molecule has 0 spiro atoms. The van der Waals surface area contributed by atoms with Gasteiger partial charge in [0, 0.05) is 38.5 Å². The molecule has 1 unspecified atom stereocenters. The number of furan rings is 1. The summed E-state index contributed by atoms with van der Waals surface area (Å²) < 4.78 is 30.8. The maximum Gasteiger partial charge on any atom is 0.227 e. The van der Waals surface area contributed by atoms with E-state index < -0.39 is 12.4 Å². The summed E-state index contributed by atoms with van der Waals surface area (Å²) in [5.41, 5.74) is 2.83. The number of fused-ring (bicyclic) bond motifs is 4. The molecule has 148 valence electrons. The number of hydrogen-bond donors (Lipinski definition) is 0. The standard InChI is InChI=1S/C23H25N5O/c1-13-7-9-16-17-10-8-14(2)26-22(17)29-19(16)18(13)27-15(3)28(23(4,5)6)21-20(27)24-11-12-25-21/h7-12,15H,1-6H3/i4D3. The van der Waals surface area contributed by atoms with E-state index in [9.17, 15) is 0 Å². The quantitative estimate of drug-likeness (QED) is 0.428. The van der Waals surface area contributed by atoms with Gasteiger partial charge in [-0.25, -0.2) is 15.0 Å². The summed E-state index contributed by atoms with van der Waals surface area (Å²) >= 11 is 0. The highest BCUT2D eigenvalue weighted by atomic mass is 16.3. The molecule has 0 bridgehead atoms. The molecule has 0 aliphatic carbocycles. The highest BCUT2D eigenvalue weighted by Crippen LogP contribution is 2.48. The Kier molecular flexibility index (Phi) is 3.02. The Morgan fingerprint density at radius 2 is 1.76 bits per heavy atom. The van der Waals surface area contributed by atoms with Gasteiger partial charge >= 0.3 is 0 Å². The van der Waals surface area contributed by atoms with Crippen LogP contribution in [0.3, 0.4) is 0 Å². The van der Waals surface area contributed by atoms with Crippen molar-refractivity contribution < 1.29 is 8.53 Å². The average molecular weight is 391 g/mol. The largest absolute Gasteiger partial charge is 0.435 e. The zero-order valence-corrected chi connectivity index (χ0v) is 17.2. The minimum atomic E-state index is -2.23. The molecule has 1 aliphatic rings. The predicted octanol–water partition coefficient (Wildman–Crippen LogP) is 5.49. The Bertz CT molecular complexity index is 1360. The fourth-order valence-electron chi connectivity index (χ4n) is 4.35. The van der Waals surface area contributed by atoms with Gasteiger partial charge in [-0.15, -0.1) is 0 Å². The molecule has 0 radical (unpaired) electrons. The van der Waals surface area contributed by atoms with E-state index in [2.05, 4.69) is 15.0 Å². The molecular weight excluding hydrogens is 362 g/mol. The number of pyridine rings is 1. The molecule has 1 aromatic carbocycles. The van der Waals surface area contributed by atoms with E-state index in [1.54, 1.807) is 26.2 Å². The van der Waals surface area contributed by atoms with E-state index in [4.69, 9.17) is 8.53 Å². The van der Waals surface area contributed by atoms with Crippen LogP contribution in [0.25, 0.3) is 22.1 Å². The molecule has 0 N–H and O–H groups in total. The normalized spacial score (nSPS) is 18.8. The van der Waals surface area contributed by atoms with Crippen molar-refractivity contribution in [2.45, 2.75) is 53.2 Å². The number of aryl methyl sites for hydroxylation is 2. The Morgan fingerprint density at radius 3 is 2.52 bits per heavy atom. The van der Waals surface area contributed by atoms with Gasteiger partial charge in [-0.2, -0.15) is 0 Å². The average Bonchev–Trinajstić information content (AvgIpc) is 3.21. The maximum absolute atomic E-state index is 8.17. The summed E-state index contributed by atoms with van der Waals surface area (Å²) in [5, 5.41) is 1.90. The van der Waals surface area contributed by atoms with Crippen molar-refractivity contribution in [1.82, 2.24) is 15.0 Å². The zero-order chi connectivity index (χ0) is 23.0. The molecule has 3 aromatic heterocycles. The number of benzene rings is 1. The minimum absolute atomic E-state index is 0.352. The highest BCUT2D eigenvalue weighted by Gasteiger charge is 2.43. The zero-order valence-electron chi connectivity index (χ0n) is 20.2. The van der Waals surface area contributed by atoms with Crippen LogP contribution in [-0.2, 0) is 0 Å². The van der Waals surface area contributed by atoms with Crippen LogP contribution in [0, 0.1) is 13.8 Å². The molecule has 4 aromatic rings. The molecule has 6 nitrogen and oxygen atoms in total. The maximum atomic E-state index is 8.17. The first kappa shape index (κ1) is 14.8. The van der Waals surface area contributed by atoms with Crippen molar-refractivity contribution in [3.05, 3.63) is 47.9 Å². The lowest BCUT2D eigenvalue weighted by Gasteiger charge is -2.38. The first-order chi connectivity index (χ1) is 15.0. The van der Waals surface area contributed by atoms with Crippen molar-refractivity contribution in [3.8, 4) is 0 Å². The van der Waals surface area contributed by atoms with Gasteiger partial charge in [0.25, 0.3) is 0 Å². The first-order valence-corrected chi connectivity index (χ1v) is 9.71. The van der Waals surface area contributed by atoms with Gasteiger partial charge < -0.3 is 9.32 Å². The molecule has 6 heteroatoms. The van der Waals surface area contributed by atoms with Crippen LogP contribution < -0.4 is 9.80 Å². The fraction of sp³-hybridized carbons (Fsp3) is 0.348. The van der Waals surface area contributed by atoms with Crippen LogP contribution in [0.1, 0.15) is 43.0 Å². The van der Waals surface area contributed by atoms with Crippen molar-refractivity contribution in [2.75, 3.05) is 9.80 Å². The summed E-state index contributed by atoms with van der Waals surface area (Å²) in [6.07, 6.45) is 2.87. The van der Waals surface area contributed by atoms with E-state index in [0.29, 0.717) is 22.9 Å². The summed E-state index contributed by atoms with van der Waals surface area (Å²) in [7, 11) is 0. The predicted molar refractivity (Wildman–Crippen MR) is 117 cm³/mol. The van der Waals surface area contributed by atoms with Gasteiger partial charge in [-0.3, -0.25) is 4.90 Å². The van der Waals surface area contributed by atoms with E-state index in [0.717, 1.165) is 27.7 Å². The van der Waals surface area contributed by atoms with E-state index >= 15 is 0 Å². The SMILES string of the molecule is [2H]C([2H])([2H])C(C)(C)N1c2nccnc2N(c2c(C)ccc3c2oc2nc(C)ccc23)C1C. The molecule has 0 fully saturated rings. The Morgan fingerprint density at radius 1 is 1.03 bits per heavy atom. The van der Waals surface area contributed by atoms with Crippen LogP contribution in [0.15, 0.2) is 41.1 Å². The van der Waals surface area contributed by atoms with Gasteiger partial charge in [0.1, 0.15) is 6.17 Å². The van der Waals surface area contributed by atoms with Crippen molar-refractivity contribution >= 4 is 39.4 Å². The lowest BCUT2D eigenvalue weighted by molar-refractivity contribution is 0.464. The number of anilines is 3. The third kappa shape index (κ3) is 2.51. The second-order valence-corrected chi connectivity index (χ2v) is 8.15. The second kappa shape index (κ2) is 5.92. The topological polar surface area (TPSA) is 58.3 Å². The number of aromatic nitrogens is 3. The fourth-order valence-corrected chi connectivity index (χ4v) is 4.35. The molecule has 1 atom stereocenters. The van der Waals surface area contributed by atoms with Crippen LogP contribution in [0.4, 0.5) is 17.3 Å². The number of rotatable bonds is 1. The van der Waals surface area contributed by atoms with Crippen LogP contribution in [0.5, 0.6) is 0 Å². The van der Waals surface area contributed by atoms with Gasteiger partial charge in [0.15, 0.2) is 17.2 Å². The molecule has 29 heavy (non-hydrogen) atoms.